The molecule has 8 nitrogen and oxygen atoms in total. The maximum Gasteiger partial charge on any atom is 0.412 e. The number of nitrogens with zero attached hydrogens (tertiary/aromatic N) is 2. The van der Waals surface area contributed by atoms with E-state index < -0.39 is 6.09 Å². The number of pyridine rings is 1. The molecule has 0 spiro atoms. The third kappa shape index (κ3) is 6.60. The highest BCUT2D eigenvalue weighted by molar-refractivity contribution is 5.88. The van der Waals surface area contributed by atoms with Crippen molar-refractivity contribution in [2.24, 2.45) is 0 Å². The van der Waals surface area contributed by atoms with Crippen molar-refractivity contribution in [3.05, 3.63) is 76.6 Å². The molecule has 0 aliphatic rings. The van der Waals surface area contributed by atoms with Crippen LogP contribution in [0.2, 0.25) is 0 Å². The molecule has 2 heterocycles. The molecule has 2 aromatic carbocycles. The van der Waals surface area contributed by atoms with Gasteiger partial charge in [0, 0.05) is 31.9 Å². The number of fused-ring (bicyclic) bond motifs is 2. The highest BCUT2D eigenvalue weighted by atomic mass is 16.6. The van der Waals surface area contributed by atoms with Crippen molar-refractivity contribution >= 4 is 28.2 Å². The van der Waals surface area contributed by atoms with Gasteiger partial charge in [-0.2, -0.15) is 0 Å². The number of amides is 1. The molecule has 8 heteroatoms. The summed E-state index contributed by atoms with van der Waals surface area (Å²) in [6.07, 6.45) is 3.93. The summed E-state index contributed by atoms with van der Waals surface area (Å²) in [7, 11) is 2.04. The van der Waals surface area contributed by atoms with E-state index in [-0.39, 0.29) is 5.43 Å². The molecule has 1 N–H and O–H groups in total. The molecule has 4 rings (SSSR count). The van der Waals surface area contributed by atoms with Gasteiger partial charge in [0.15, 0.2) is 0 Å². The molecular weight excluding hydrogens is 458 g/mol. The Hall–Kier alpha value is -3.91. The van der Waals surface area contributed by atoms with E-state index in [0.717, 1.165) is 37.9 Å². The van der Waals surface area contributed by atoms with Crippen molar-refractivity contribution in [3.63, 3.8) is 0 Å². The van der Waals surface area contributed by atoms with Gasteiger partial charge in [0.2, 0.25) is 11.1 Å². The predicted octanol–water partition coefficient (Wildman–Crippen LogP) is 5.13. The molecule has 0 saturated heterocycles. The third-order valence-corrected chi connectivity index (χ3v) is 5.73. The summed E-state index contributed by atoms with van der Waals surface area (Å²) >= 11 is 0. The summed E-state index contributed by atoms with van der Waals surface area (Å²) < 4.78 is 17.1. The monoisotopic (exact) mass is 489 g/mol. The van der Waals surface area contributed by atoms with Gasteiger partial charge in [-0.05, 0) is 61.9 Å². The molecule has 0 unspecified atom stereocenters. The quantitative estimate of drug-likeness (QED) is 0.231. The van der Waals surface area contributed by atoms with Crippen molar-refractivity contribution in [2.75, 3.05) is 26.7 Å². The maximum absolute atomic E-state index is 12.6. The van der Waals surface area contributed by atoms with Crippen LogP contribution in [0, 0.1) is 0 Å². The zero-order chi connectivity index (χ0) is 25.3. The van der Waals surface area contributed by atoms with E-state index in [1.54, 1.807) is 42.6 Å². The van der Waals surface area contributed by atoms with Gasteiger partial charge in [-0.1, -0.05) is 25.5 Å². The van der Waals surface area contributed by atoms with Gasteiger partial charge in [-0.15, -0.1) is 0 Å². The van der Waals surface area contributed by atoms with Gasteiger partial charge in [0.25, 0.3) is 0 Å². The Morgan fingerprint density at radius 3 is 2.81 bits per heavy atom. The second-order valence-electron chi connectivity index (χ2n) is 8.70. The van der Waals surface area contributed by atoms with Crippen molar-refractivity contribution < 1.29 is 18.7 Å². The van der Waals surface area contributed by atoms with E-state index in [1.165, 1.54) is 0 Å². The molecule has 1 amide bonds. The fourth-order valence-electron chi connectivity index (χ4n) is 3.89. The highest BCUT2D eigenvalue weighted by Crippen LogP contribution is 2.22. The number of nitrogens with one attached hydrogen (secondary N) is 1. The van der Waals surface area contributed by atoms with Crippen LogP contribution in [0.5, 0.6) is 11.5 Å². The largest absolute Gasteiger partial charge is 0.493 e. The Kier molecular flexibility index (Phi) is 8.52. The standard InChI is InChI=1S/C28H31N3O5/c1-3-4-13-30-28(33)35-22-9-5-8-20(17-22)19-31(2)15-7-16-34-21-11-12-23-25(18-21)36-27-24(26(23)32)10-6-14-29-27/h5-6,8-12,14,17-18H,3-4,7,13,15-16,19H2,1-2H3,(H,30,33). The Labute approximate surface area is 209 Å². The zero-order valence-electron chi connectivity index (χ0n) is 20.7. The van der Waals surface area contributed by atoms with E-state index in [0.29, 0.717) is 46.7 Å². The Balaban J connectivity index is 1.25. The van der Waals surface area contributed by atoms with Crippen LogP contribution in [0.15, 0.2) is 70.0 Å². The molecular formula is C28H31N3O5. The van der Waals surface area contributed by atoms with Crippen molar-refractivity contribution in [1.29, 1.82) is 0 Å². The van der Waals surface area contributed by atoms with Crippen LogP contribution >= 0.6 is 0 Å². The highest BCUT2D eigenvalue weighted by Gasteiger charge is 2.10. The Morgan fingerprint density at radius 1 is 1.06 bits per heavy atom. The number of benzene rings is 2. The van der Waals surface area contributed by atoms with Crippen LogP contribution < -0.4 is 20.2 Å². The first-order valence-corrected chi connectivity index (χ1v) is 12.2. The lowest BCUT2D eigenvalue weighted by Crippen LogP contribution is -2.27. The number of rotatable bonds is 11. The predicted molar refractivity (Wildman–Crippen MR) is 140 cm³/mol. The third-order valence-electron chi connectivity index (χ3n) is 5.73. The van der Waals surface area contributed by atoms with E-state index in [2.05, 4.69) is 22.1 Å². The van der Waals surface area contributed by atoms with Gasteiger partial charge < -0.3 is 24.1 Å². The van der Waals surface area contributed by atoms with Gasteiger partial charge in [0.05, 0.1) is 17.4 Å². The molecule has 36 heavy (non-hydrogen) atoms. The lowest BCUT2D eigenvalue weighted by atomic mass is 10.2. The maximum atomic E-state index is 12.6. The average Bonchev–Trinajstić information content (AvgIpc) is 2.87. The summed E-state index contributed by atoms with van der Waals surface area (Å²) in [5.41, 5.74) is 1.74. The Bertz CT molecular complexity index is 1380. The number of carbonyl (C=O) groups excluding carboxylic acids is 1. The molecule has 0 radical (unpaired) electrons. The first kappa shape index (κ1) is 25.2. The first-order chi connectivity index (χ1) is 17.5. The van der Waals surface area contributed by atoms with E-state index in [9.17, 15) is 9.59 Å². The molecule has 4 aromatic rings. The van der Waals surface area contributed by atoms with Crippen molar-refractivity contribution in [1.82, 2.24) is 15.2 Å². The van der Waals surface area contributed by atoms with E-state index >= 15 is 0 Å². The number of hydrogen-bond donors (Lipinski definition) is 1. The summed E-state index contributed by atoms with van der Waals surface area (Å²) in [5.74, 6) is 1.18. The zero-order valence-corrected chi connectivity index (χ0v) is 20.7. The van der Waals surface area contributed by atoms with Crippen LogP contribution in [-0.4, -0.2) is 42.7 Å². The molecule has 0 aliphatic carbocycles. The van der Waals surface area contributed by atoms with Gasteiger partial charge in [-0.3, -0.25) is 4.79 Å². The van der Waals surface area contributed by atoms with Gasteiger partial charge >= 0.3 is 6.09 Å². The average molecular weight is 490 g/mol. The van der Waals surface area contributed by atoms with E-state index in [4.69, 9.17) is 13.9 Å². The van der Waals surface area contributed by atoms with Crippen LogP contribution in [0.25, 0.3) is 22.1 Å². The SMILES string of the molecule is CCCCNC(=O)Oc1cccc(CN(C)CCCOc2ccc3c(=O)c4cccnc4oc3c2)c1. The minimum Gasteiger partial charge on any atom is -0.493 e. The summed E-state index contributed by atoms with van der Waals surface area (Å²) in [6, 6.07) is 16.2. The topological polar surface area (TPSA) is 93.9 Å². The lowest BCUT2D eigenvalue weighted by Gasteiger charge is -2.17. The number of hydrogen-bond acceptors (Lipinski definition) is 7. The van der Waals surface area contributed by atoms with Crippen molar-refractivity contribution in [3.8, 4) is 11.5 Å². The second-order valence-corrected chi connectivity index (χ2v) is 8.70. The number of ether oxygens (including phenoxy) is 2. The number of unbranched alkanes of at least 4 members (excludes halogenated alkanes) is 1. The fraction of sp³-hybridized carbons (Fsp3) is 0.321. The van der Waals surface area contributed by atoms with E-state index in [1.807, 2.05) is 25.2 Å². The van der Waals surface area contributed by atoms with Crippen LogP contribution in [-0.2, 0) is 6.54 Å². The molecule has 2 aromatic heterocycles. The fourth-order valence-corrected chi connectivity index (χ4v) is 3.89. The minimum atomic E-state index is -0.427. The smallest absolute Gasteiger partial charge is 0.412 e. The normalized spacial score (nSPS) is 11.2. The lowest BCUT2D eigenvalue weighted by molar-refractivity contribution is 0.200. The van der Waals surface area contributed by atoms with Crippen LogP contribution in [0.1, 0.15) is 31.7 Å². The molecule has 0 fully saturated rings. The summed E-state index contributed by atoms with van der Waals surface area (Å²) in [6.45, 7) is 4.74. The van der Waals surface area contributed by atoms with Crippen LogP contribution in [0.4, 0.5) is 4.79 Å². The molecule has 0 saturated carbocycles. The summed E-state index contributed by atoms with van der Waals surface area (Å²) in [5, 5.41) is 3.72. The summed E-state index contributed by atoms with van der Waals surface area (Å²) in [4.78, 5) is 30.8. The molecule has 0 aliphatic heterocycles. The Morgan fingerprint density at radius 2 is 1.94 bits per heavy atom. The van der Waals surface area contributed by atoms with Crippen LogP contribution in [0.3, 0.4) is 0 Å². The van der Waals surface area contributed by atoms with Gasteiger partial charge in [0.1, 0.15) is 17.1 Å². The van der Waals surface area contributed by atoms with Gasteiger partial charge in [-0.25, -0.2) is 9.78 Å². The van der Waals surface area contributed by atoms with Crippen molar-refractivity contribution in [2.45, 2.75) is 32.7 Å². The number of aromatic nitrogens is 1. The molecule has 0 atom stereocenters. The number of carbonyl (C=O) groups is 1. The molecule has 0 bridgehead atoms. The first-order valence-electron chi connectivity index (χ1n) is 12.2. The minimum absolute atomic E-state index is 0.0980. The second kappa shape index (κ2) is 12.2. The molecule has 188 valence electrons.